The third-order valence-electron chi connectivity index (χ3n) is 9.87. The van der Waals surface area contributed by atoms with Gasteiger partial charge < -0.3 is 4.40 Å². The molecule has 0 saturated heterocycles. The zero-order chi connectivity index (χ0) is 31.3. The minimum atomic E-state index is 0.597. The molecule has 48 heavy (non-hydrogen) atoms. The third-order valence-corrected chi connectivity index (χ3v) is 9.87. The topological polar surface area (TPSA) is 48.0 Å². The van der Waals surface area contributed by atoms with E-state index in [1.165, 1.54) is 59.6 Å². The van der Waals surface area contributed by atoms with E-state index in [2.05, 4.69) is 124 Å². The minimum absolute atomic E-state index is 0.597. The first-order chi connectivity index (χ1) is 23.8. The SMILES string of the molecule is c1ccc(-c2nc(-c3ccccc3)nc(-n3c4ccccc4c4c5c(ccc43)cc3c4ccccc4n4c6ccccc6c5c34)n2)cc1. The summed E-state index contributed by atoms with van der Waals surface area (Å²) in [5.41, 5.74) is 7.75. The van der Waals surface area contributed by atoms with Crippen molar-refractivity contribution in [3.05, 3.63) is 152 Å². The molecule has 0 aliphatic carbocycles. The van der Waals surface area contributed by atoms with E-state index in [0.29, 0.717) is 17.6 Å². The average Bonchev–Trinajstić information content (AvgIpc) is 3.80. The molecule has 5 nitrogen and oxygen atoms in total. The Morgan fingerprint density at radius 3 is 1.58 bits per heavy atom. The van der Waals surface area contributed by atoms with Gasteiger partial charge in [0.25, 0.3) is 0 Å². The van der Waals surface area contributed by atoms with Gasteiger partial charge in [-0.05, 0) is 35.7 Å². The molecule has 7 aromatic carbocycles. The highest BCUT2D eigenvalue weighted by Gasteiger charge is 2.24. The van der Waals surface area contributed by atoms with E-state index in [-0.39, 0.29) is 0 Å². The van der Waals surface area contributed by atoms with Gasteiger partial charge in [-0.2, -0.15) is 9.97 Å². The van der Waals surface area contributed by atoms with Crippen LogP contribution in [0.3, 0.4) is 0 Å². The second-order valence-corrected chi connectivity index (χ2v) is 12.4. The summed E-state index contributed by atoms with van der Waals surface area (Å²) in [6.07, 6.45) is 0. The normalized spacial score (nSPS) is 12.2. The zero-order valence-electron chi connectivity index (χ0n) is 25.7. The van der Waals surface area contributed by atoms with Gasteiger partial charge in [0.2, 0.25) is 5.95 Å². The molecule has 0 bridgehead atoms. The monoisotopic (exact) mass is 611 g/mol. The van der Waals surface area contributed by atoms with Crippen LogP contribution < -0.4 is 0 Å². The van der Waals surface area contributed by atoms with Gasteiger partial charge in [0.1, 0.15) is 0 Å². The van der Waals surface area contributed by atoms with Gasteiger partial charge in [-0.25, -0.2) is 4.98 Å². The van der Waals surface area contributed by atoms with Crippen molar-refractivity contribution in [1.29, 1.82) is 0 Å². The summed E-state index contributed by atoms with van der Waals surface area (Å²) in [7, 11) is 0. The molecule has 0 saturated carbocycles. The molecule has 4 aromatic heterocycles. The van der Waals surface area contributed by atoms with E-state index in [1.54, 1.807) is 0 Å². The van der Waals surface area contributed by atoms with Crippen molar-refractivity contribution in [2.75, 3.05) is 0 Å². The fraction of sp³-hybridized carbons (Fsp3) is 0. The Morgan fingerprint density at radius 2 is 0.917 bits per heavy atom. The molecule has 0 radical (unpaired) electrons. The Morgan fingerprint density at radius 1 is 0.375 bits per heavy atom. The predicted octanol–water partition coefficient (Wildman–Crippen LogP) is 10.6. The van der Waals surface area contributed by atoms with Gasteiger partial charge >= 0.3 is 0 Å². The lowest BCUT2D eigenvalue weighted by molar-refractivity contribution is 0.953. The maximum atomic E-state index is 5.16. The molecule has 0 spiro atoms. The van der Waals surface area contributed by atoms with Crippen molar-refractivity contribution in [3.8, 4) is 28.7 Å². The van der Waals surface area contributed by atoms with Crippen molar-refractivity contribution >= 4 is 70.7 Å². The average molecular weight is 612 g/mol. The summed E-state index contributed by atoms with van der Waals surface area (Å²) in [6.45, 7) is 0. The molecule has 0 N–H and O–H groups in total. The fourth-order valence-electron chi connectivity index (χ4n) is 7.90. The lowest BCUT2D eigenvalue weighted by Gasteiger charge is -2.11. The van der Waals surface area contributed by atoms with Crippen molar-refractivity contribution in [3.63, 3.8) is 0 Å². The van der Waals surface area contributed by atoms with Crippen LogP contribution in [0.1, 0.15) is 0 Å². The maximum absolute atomic E-state index is 5.16. The van der Waals surface area contributed by atoms with Crippen LogP contribution in [-0.2, 0) is 0 Å². The fourth-order valence-corrected chi connectivity index (χ4v) is 7.90. The van der Waals surface area contributed by atoms with Crippen LogP contribution in [0.15, 0.2) is 152 Å². The standard InChI is InChI=1S/C43H25N5/c1-3-13-26(14-4-1)41-44-42(27-15-5-2-6-16-27)46-43(45-41)48-35-22-12-8-18-30(35)38-36(48)24-23-28-25-32-29-17-7-10-20-33(29)47-34-21-11-9-19-31(34)39(37(28)38)40(32)47/h1-25H. The van der Waals surface area contributed by atoms with Gasteiger partial charge in [0.15, 0.2) is 11.6 Å². The summed E-state index contributed by atoms with van der Waals surface area (Å²) >= 11 is 0. The van der Waals surface area contributed by atoms with Crippen LogP contribution in [0, 0.1) is 0 Å². The number of benzene rings is 7. The quantitative estimate of drug-likeness (QED) is 0.200. The zero-order valence-corrected chi connectivity index (χ0v) is 25.7. The van der Waals surface area contributed by atoms with Crippen LogP contribution in [0.2, 0.25) is 0 Å². The highest BCUT2D eigenvalue weighted by Crippen LogP contribution is 2.47. The van der Waals surface area contributed by atoms with Gasteiger partial charge in [0, 0.05) is 48.8 Å². The molecule has 0 fully saturated rings. The lowest BCUT2D eigenvalue weighted by atomic mass is 9.96. The van der Waals surface area contributed by atoms with E-state index in [9.17, 15) is 0 Å². The largest absolute Gasteiger partial charge is 0.308 e. The number of hydrogen-bond donors (Lipinski definition) is 0. The van der Waals surface area contributed by atoms with Crippen LogP contribution in [0.4, 0.5) is 0 Å². The second kappa shape index (κ2) is 9.47. The Balaban J connectivity index is 1.32. The molecule has 4 heterocycles. The van der Waals surface area contributed by atoms with Crippen LogP contribution in [0.5, 0.6) is 0 Å². The van der Waals surface area contributed by atoms with Gasteiger partial charge in [-0.1, -0.05) is 121 Å². The Hall–Kier alpha value is -6.59. The molecule has 11 aromatic rings. The summed E-state index contributed by atoms with van der Waals surface area (Å²) in [4.78, 5) is 15.3. The molecular weight excluding hydrogens is 587 g/mol. The second-order valence-electron chi connectivity index (χ2n) is 12.4. The molecule has 0 unspecified atom stereocenters. The number of rotatable bonds is 3. The maximum Gasteiger partial charge on any atom is 0.238 e. The van der Waals surface area contributed by atoms with Crippen LogP contribution in [0.25, 0.3) is 99.4 Å². The van der Waals surface area contributed by atoms with E-state index in [1.807, 2.05) is 36.4 Å². The highest BCUT2D eigenvalue weighted by molar-refractivity contribution is 6.38. The van der Waals surface area contributed by atoms with Gasteiger partial charge in [-0.15, -0.1) is 0 Å². The first-order valence-electron chi connectivity index (χ1n) is 16.2. The molecule has 0 amide bonds. The number of para-hydroxylation sites is 3. The Bertz CT molecular complexity index is 2990. The van der Waals surface area contributed by atoms with E-state index in [0.717, 1.165) is 22.2 Å². The van der Waals surface area contributed by atoms with Gasteiger partial charge in [-0.3, -0.25) is 4.57 Å². The number of aromatic nitrogens is 5. The van der Waals surface area contributed by atoms with E-state index >= 15 is 0 Å². The molecule has 0 atom stereocenters. The Labute approximate surface area is 274 Å². The highest BCUT2D eigenvalue weighted by atomic mass is 15.2. The number of fused-ring (bicyclic) bond motifs is 12. The first kappa shape index (κ1) is 25.6. The number of hydrogen-bond acceptors (Lipinski definition) is 3. The first-order valence-corrected chi connectivity index (χ1v) is 16.2. The van der Waals surface area contributed by atoms with Crippen molar-refractivity contribution in [2.24, 2.45) is 0 Å². The van der Waals surface area contributed by atoms with Crippen LogP contribution in [-0.4, -0.2) is 23.9 Å². The number of nitrogens with zero attached hydrogens (tertiary/aromatic N) is 5. The third kappa shape index (κ3) is 3.37. The minimum Gasteiger partial charge on any atom is -0.308 e. The van der Waals surface area contributed by atoms with Crippen LogP contribution >= 0.6 is 0 Å². The molecule has 11 rings (SSSR count). The molecule has 5 heteroatoms. The van der Waals surface area contributed by atoms with Crippen molar-refractivity contribution in [2.45, 2.75) is 0 Å². The van der Waals surface area contributed by atoms with Crippen molar-refractivity contribution < 1.29 is 0 Å². The summed E-state index contributed by atoms with van der Waals surface area (Å²) < 4.78 is 4.68. The summed E-state index contributed by atoms with van der Waals surface area (Å²) in [6, 6.07) is 53.4. The lowest BCUT2D eigenvalue weighted by Crippen LogP contribution is -2.06. The summed E-state index contributed by atoms with van der Waals surface area (Å²) in [5, 5.41) is 9.96. The van der Waals surface area contributed by atoms with Gasteiger partial charge in [0.05, 0.1) is 27.6 Å². The predicted molar refractivity (Wildman–Crippen MR) is 197 cm³/mol. The Kier molecular flexibility index (Phi) is 5.05. The van der Waals surface area contributed by atoms with E-state index in [4.69, 9.17) is 15.0 Å². The molecule has 0 aliphatic rings. The van der Waals surface area contributed by atoms with E-state index < -0.39 is 0 Å². The summed E-state index contributed by atoms with van der Waals surface area (Å²) in [5.74, 6) is 1.88. The molecular formula is C43H25N5. The van der Waals surface area contributed by atoms with Crippen molar-refractivity contribution in [1.82, 2.24) is 23.9 Å². The smallest absolute Gasteiger partial charge is 0.238 e. The molecule has 222 valence electrons. The molecule has 0 aliphatic heterocycles.